The van der Waals surface area contributed by atoms with Gasteiger partial charge in [0.15, 0.2) is 0 Å². The highest BCUT2D eigenvalue weighted by Crippen LogP contribution is 2.32. The Kier molecular flexibility index (Phi) is 6.79. The molecule has 3 nitrogen and oxygen atoms in total. The van der Waals surface area contributed by atoms with Crippen LogP contribution in [0.5, 0.6) is 0 Å². The van der Waals surface area contributed by atoms with Gasteiger partial charge in [-0.2, -0.15) is 0 Å². The SMILES string of the molecule is CCCNCC1(CN2CCCC(CC)C2)CCOCC1. The first kappa shape index (κ1) is 16.3. The molecule has 2 heterocycles. The standard InChI is InChI=1S/C17H34N2O/c1-3-9-18-14-17(7-11-20-12-8-17)15-19-10-5-6-16(4-2)13-19/h16,18H,3-15H2,1-2H3. The Hall–Kier alpha value is -0.120. The molecule has 1 unspecified atom stereocenters. The van der Waals surface area contributed by atoms with E-state index in [-0.39, 0.29) is 0 Å². The Balaban J connectivity index is 1.88. The monoisotopic (exact) mass is 282 g/mol. The fourth-order valence-corrected chi connectivity index (χ4v) is 3.83. The minimum atomic E-state index is 0.461. The van der Waals surface area contributed by atoms with E-state index in [1.165, 1.54) is 64.7 Å². The maximum absolute atomic E-state index is 5.62. The van der Waals surface area contributed by atoms with Gasteiger partial charge in [-0.25, -0.2) is 0 Å². The molecule has 20 heavy (non-hydrogen) atoms. The molecule has 3 heteroatoms. The molecular weight excluding hydrogens is 248 g/mol. The molecule has 2 fully saturated rings. The second-order valence-electron chi connectivity index (χ2n) is 6.94. The lowest BCUT2D eigenvalue weighted by atomic mass is 9.78. The third kappa shape index (κ3) is 4.71. The van der Waals surface area contributed by atoms with Crippen LogP contribution in [-0.2, 0) is 4.74 Å². The average Bonchev–Trinajstić information content (AvgIpc) is 2.48. The Morgan fingerprint density at radius 3 is 2.75 bits per heavy atom. The van der Waals surface area contributed by atoms with Crippen LogP contribution in [0.3, 0.4) is 0 Å². The summed E-state index contributed by atoms with van der Waals surface area (Å²) in [6, 6.07) is 0. The van der Waals surface area contributed by atoms with Crippen LogP contribution >= 0.6 is 0 Å². The average molecular weight is 282 g/mol. The smallest absolute Gasteiger partial charge is 0.0472 e. The second kappa shape index (κ2) is 8.35. The summed E-state index contributed by atoms with van der Waals surface area (Å²) in [5.41, 5.74) is 0.461. The third-order valence-electron chi connectivity index (χ3n) is 5.22. The number of hydrogen-bond acceptors (Lipinski definition) is 3. The molecule has 0 aromatic heterocycles. The zero-order valence-corrected chi connectivity index (χ0v) is 13.6. The predicted molar refractivity (Wildman–Crippen MR) is 85.1 cm³/mol. The van der Waals surface area contributed by atoms with Crippen molar-refractivity contribution in [3.05, 3.63) is 0 Å². The molecule has 118 valence electrons. The highest BCUT2D eigenvalue weighted by atomic mass is 16.5. The van der Waals surface area contributed by atoms with Crippen molar-refractivity contribution in [2.45, 2.75) is 52.4 Å². The van der Waals surface area contributed by atoms with Gasteiger partial charge in [0.05, 0.1) is 0 Å². The van der Waals surface area contributed by atoms with Gasteiger partial charge in [-0.05, 0) is 56.5 Å². The number of hydrogen-bond donors (Lipinski definition) is 1. The Morgan fingerprint density at radius 1 is 1.25 bits per heavy atom. The van der Waals surface area contributed by atoms with Gasteiger partial charge in [-0.15, -0.1) is 0 Å². The lowest BCUT2D eigenvalue weighted by molar-refractivity contribution is -0.0111. The van der Waals surface area contributed by atoms with E-state index in [0.29, 0.717) is 5.41 Å². The van der Waals surface area contributed by atoms with Crippen molar-refractivity contribution in [2.75, 3.05) is 45.9 Å². The van der Waals surface area contributed by atoms with E-state index in [0.717, 1.165) is 25.7 Å². The summed E-state index contributed by atoms with van der Waals surface area (Å²) in [5.74, 6) is 0.934. The number of nitrogens with one attached hydrogen (secondary N) is 1. The molecule has 0 amide bonds. The van der Waals surface area contributed by atoms with Crippen molar-refractivity contribution in [1.82, 2.24) is 10.2 Å². The van der Waals surface area contributed by atoms with Gasteiger partial charge in [-0.3, -0.25) is 0 Å². The topological polar surface area (TPSA) is 24.5 Å². The van der Waals surface area contributed by atoms with Gasteiger partial charge in [0, 0.05) is 32.8 Å². The van der Waals surface area contributed by atoms with E-state index in [1.807, 2.05) is 0 Å². The Bertz CT molecular complexity index is 264. The number of nitrogens with zero attached hydrogens (tertiary/aromatic N) is 1. The van der Waals surface area contributed by atoms with Crippen LogP contribution in [0.15, 0.2) is 0 Å². The van der Waals surface area contributed by atoms with Crippen LogP contribution < -0.4 is 5.32 Å². The van der Waals surface area contributed by atoms with Crippen molar-refractivity contribution in [2.24, 2.45) is 11.3 Å². The molecule has 0 radical (unpaired) electrons. The van der Waals surface area contributed by atoms with Crippen LogP contribution in [-0.4, -0.2) is 50.8 Å². The van der Waals surface area contributed by atoms with Crippen LogP contribution in [0.1, 0.15) is 52.4 Å². The molecule has 2 aliphatic heterocycles. The van der Waals surface area contributed by atoms with Crippen molar-refractivity contribution in [3.63, 3.8) is 0 Å². The van der Waals surface area contributed by atoms with E-state index in [2.05, 4.69) is 24.1 Å². The van der Waals surface area contributed by atoms with Crippen molar-refractivity contribution in [1.29, 1.82) is 0 Å². The van der Waals surface area contributed by atoms with Gasteiger partial charge in [0.25, 0.3) is 0 Å². The van der Waals surface area contributed by atoms with E-state index < -0.39 is 0 Å². The lowest BCUT2D eigenvalue weighted by Gasteiger charge is -2.43. The molecule has 0 aromatic rings. The first-order chi connectivity index (χ1) is 9.78. The molecular formula is C17H34N2O. The van der Waals surface area contributed by atoms with Crippen LogP contribution in [0, 0.1) is 11.3 Å². The van der Waals surface area contributed by atoms with Crippen LogP contribution in [0.2, 0.25) is 0 Å². The van der Waals surface area contributed by atoms with Crippen molar-refractivity contribution < 1.29 is 4.74 Å². The molecule has 2 aliphatic rings. The molecule has 0 spiro atoms. The van der Waals surface area contributed by atoms with Gasteiger partial charge < -0.3 is 15.0 Å². The zero-order chi connectivity index (χ0) is 14.3. The van der Waals surface area contributed by atoms with E-state index in [9.17, 15) is 0 Å². The molecule has 0 saturated carbocycles. The number of ether oxygens (including phenoxy) is 1. The molecule has 0 bridgehead atoms. The number of rotatable bonds is 7. The molecule has 2 rings (SSSR count). The van der Waals surface area contributed by atoms with Crippen LogP contribution in [0.4, 0.5) is 0 Å². The van der Waals surface area contributed by atoms with Gasteiger partial charge in [0.1, 0.15) is 0 Å². The fourth-order valence-electron chi connectivity index (χ4n) is 3.83. The van der Waals surface area contributed by atoms with Crippen molar-refractivity contribution >= 4 is 0 Å². The predicted octanol–water partition coefficient (Wildman–Crippen LogP) is 2.90. The van der Waals surface area contributed by atoms with E-state index in [1.54, 1.807) is 0 Å². The molecule has 1 N–H and O–H groups in total. The second-order valence-corrected chi connectivity index (χ2v) is 6.94. The fraction of sp³-hybridized carbons (Fsp3) is 1.00. The normalized spacial score (nSPS) is 27.6. The Labute approximate surface area is 125 Å². The summed E-state index contributed by atoms with van der Waals surface area (Å²) in [5, 5.41) is 3.68. The summed E-state index contributed by atoms with van der Waals surface area (Å²) in [4.78, 5) is 2.75. The van der Waals surface area contributed by atoms with Crippen molar-refractivity contribution in [3.8, 4) is 0 Å². The molecule has 0 aromatic carbocycles. The molecule has 1 atom stereocenters. The van der Waals surface area contributed by atoms with E-state index in [4.69, 9.17) is 4.74 Å². The van der Waals surface area contributed by atoms with Crippen LogP contribution in [0.25, 0.3) is 0 Å². The first-order valence-electron chi connectivity index (χ1n) is 8.79. The number of likely N-dealkylation sites (tertiary alicyclic amines) is 1. The maximum Gasteiger partial charge on any atom is 0.0472 e. The van der Waals surface area contributed by atoms with Gasteiger partial charge in [-0.1, -0.05) is 20.3 Å². The summed E-state index contributed by atoms with van der Waals surface area (Å²) in [7, 11) is 0. The zero-order valence-electron chi connectivity index (χ0n) is 13.6. The summed E-state index contributed by atoms with van der Waals surface area (Å²) in [6.45, 7) is 12.8. The number of piperidine rings is 1. The summed E-state index contributed by atoms with van der Waals surface area (Å²) >= 11 is 0. The highest BCUT2D eigenvalue weighted by Gasteiger charge is 2.35. The first-order valence-corrected chi connectivity index (χ1v) is 8.79. The summed E-state index contributed by atoms with van der Waals surface area (Å²) in [6.07, 6.45) is 7.88. The highest BCUT2D eigenvalue weighted by molar-refractivity contribution is 4.88. The lowest BCUT2D eigenvalue weighted by Crippen LogP contribution is -2.49. The third-order valence-corrected chi connectivity index (χ3v) is 5.22. The molecule has 0 aliphatic carbocycles. The Morgan fingerprint density at radius 2 is 2.05 bits per heavy atom. The molecule has 2 saturated heterocycles. The summed E-state index contributed by atoms with van der Waals surface area (Å²) < 4.78 is 5.62. The minimum Gasteiger partial charge on any atom is -0.381 e. The maximum atomic E-state index is 5.62. The van der Waals surface area contributed by atoms with Gasteiger partial charge in [0.2, 0.25) is 0 Å². The minimum absolute atomic E-state index is 0.461. The largest absolute Gasteiger partial charge is 0.381 e. The van der Waals surface area contributed by atoms with E-state index >= 15 is 0 Å². The quantitative estimate of drug-likeness (QED) is 0.727. The van der Waals surface area contributed by atoms with Gasteiger partial charge >= 0.3 is 0 Å².